The number of thiazole rings is 1. The first-order valence-corrected chi connectivity index (χ1v) is 6.32. The highest BCUT2D eigenvalue weighted by Gasteiger charge is 2.52. The van der Waals surface area contributed by atoms with Gasteiger partial charge < -0.3 is 11.1 Å². The summed E-state index contributed by atoms with van der Waals surface area (Å²) < 4.78 is 0. The van der Waals surface area contributed by atoms with Crippen molar-refractivity contribution in [1.29, 1.82) is 0 Å². The third-order valence-electron chi connectivity index (χ3n) is 2.91. The molecule has 6 heteroatoms. The van der Waals surface area contributed by atoms with Crippen LogP contribution in [-0.2, 0) is 11.3 Å². The van der Waals surface area contributed by atoms with Crippen LogP contribution in [0.4, 0.5) is 0 Å². The lowest BCUT2D eigenvalue weighted by Crippen LogP contribution is -2.39. The van der Waals surface area contributed by atoms with Crippen LogP contribution in [0.3, 0.4) is 0 Å². The number of carbonyl (C=O) groups is 1. The average molecular weight is 255 g/mol. The largest absolute Gasteiger partial charge is 0.392 e. The molecule has 0 radical (unpaired) electrons. The van der Waals surface area contributed by atoms with Gasteiger partial charge in [0.15, 0.2) is 0 Å². The molecule has 86 valence electrons. The number of aromatic nitrogens is 1. The van der Waals surface area contributed by atoms with E-state index in [1.807, 2.05) is 6.92 Å². The van der Waals surface area contributed by atoms with Gasteiger partial charge in [-0.3, -0.25) is 4.79 Å². The molecule has 1 saturated carbocycles. The van der Waals surface area contributed by atoms with Gasteiger partial charge >= 0.3 is 0 Å². The fourth-order valence-electron chi connectivity index (χ4n) is 1.54. The zero-order valence-corrected chi connectivity index (χ0v) is 10.6. The summed E-state index contributed by atoms with van der Waals surface area (Å²) in [6, 6.07) is 0. The van der Waals surface area contributed by atoms with Gasteiger partial charge in [0.25, 0.3) is 0 Å². The molecule has 3 N–H and O–H groups in total. The number of nitrogens with two attached hydrogens (primary N) is 1. The molecule has 1 heterocycles. The number of amides is 1. The van der Waals surface area contributed by atoms with Gasteiger partial charge in [-0.2, -0.15) is 0 Å². The lowest BCUT2D eigenvalue weighted by Gasteiger charge is -2.12. The van der Waals surface area contributed by atoms with Gasteiger partial charge in [0.2, 0.25) is 5.91 Å². The van der Waals surface area contributed by atoms with Gasteiger partial charge in [-0.15, -0.1) is 11.3 Å². The molecular weight excluding hydrogens is 242 g/mol. The van der Waals surface area contributed by atoms with Crippen molar-refractivity contribution >= 4 is 34.5 Å². The number of thiocarbonyl (C=S) groups is 1. The Morgan fingerprint density at radius 2 is 2.44 bits per heavy atom. The maximum Gasteiger partial charge on any atom is 0.233 e. The van der Waals surface area contributed by atoms with Crippen LogP contribution in [0.2, 0.25) is 0 Å². The molecule has 16 heavy (non-hydrogen) atoms. The van der Waals surface area contributed by atoms with Gasteiger partial charge in [0, 0.05) is 4.88 Å². The lowest BCUT2D eigenvalue weighted by atomic mass is 10.1. The summed E-state index contributed by atoms with van der Waals surface area (Å²) in [5, 5.41) is 2.87. The van der Waals surface area contributed by atoms with Crippen molar-refractivity contribution in [3.63, 3.8) is 0 Å². The van der Waals surface area contributed by atoms with Gasteiger partial charge in [0.05, 0.1) is 28.2 Å². The second-order valence-corrected chi connectivity index (χ2v) is 5.37. The first-order valence-electron chi connectivity index (χ1n) is 5.03. The van der Waals surface area contributed by atoms with E-state index in [9.17, 15) is 4.79 Å². The average Bonchev–Trinajstić information content (AvgIpc) is 2.95. The van der Waals surface area contributed by atoms with Crippen LogP contribution in [0.1, 0.15) is 23.4 Å². The molecule has 1 aliphatic rings. The molecule has 1 aliphatic carbocycles. The van der Waals surface area contributed by atoms with Crippen LogP contribution >= 0.6 is 23.6 Å². The van der Waals surface area contributed by atoms with E-state index in [2.05, 4.69) is 10.3 Å². The third kappa shape index (κ3) is 1.94. The first-order chi connectivity index (χ1) is 7.56. The van der Waals surface area contributed by atoms with E-state index in [1.54, 1.807) is 16.8 Å². The molecule has 1 aromatic heterocycles. The minimum absolute atomic E-state index is 0.0483. The molecular formula is C10H13N3OS2. The van der Waals surface area contributed by atoms with Crippen molar-refractivity contribution < 1.29 is 4.79 Å². The second kappa shape index (κ2) is 4.10. The highest BCUT2D eigenvalue weighted by Crippen LogP contribution is 2.46. The van der Waals surface area contributed by atoms with Gasteiger partial charge in [-0.05, 0) is 19.8 Å². The Bertz CT molecular complexity index is 437. The number of nitrogens with one attached hydrogen (secondary N) is 1. The van der Waals surface area contributed by atoms with Gasteiger partial charge in [0.1, 0.15) is 0 Å². The van der Waals surface area contributed by atoms with Crippen molar-refractivity contribution in [2.75, 3.05) is 0 Å². The van der Waals surface area contributed by atoms with Crippen LogP contribution in [0.25, 0.3) is 0 Å². The molecule has 4 nitrogen and oxygen atoms in total. The van der Waals surface area contributed by atoms with Crippen molar-refractivity contribution in [1.82, 2.24) is 10.3 Å². The number of hydrogen-bond donors (Lipinski definition) is 2. The quantitative estimate of drug-likeness (QED) is 0.792. The lowest BCUT2D eigenvalue weighted by molar-refractivity contribution is -0.124. The Kier molecular flexibility index (Phi) is 2.94. The number of nitrogens with zero attached hydrogens (tertiary/aromatic N) is 1. The Morgan fingerprint density at radius 3 is 2.88 bits per heavy atom. The third-order valence-corrected chi connectivity index (χ3v) is 4.24. The number of hydrogen-bond acceptors (Lipinski definition) is 4. The Hall–Kier alpha value is -1.01. The molecule has 0 unspecified atom stereocenters. The van der Waals surface area contributed by atoms with Gasteiger partial charge in [-0.25, -0.2) is 4.98 Å². The van der Waals surface area contributed by atoms with E-state index < -0.39 is 5.41 Å². The summed E-state index contributed by atoms with van der Waals surface area (Å²) in [5.74, 6) is -0.0483. The van der Waals surface area contributed by atoms with Crippen LogP contribution in [-0.4, -0.2) is 15.9 Å². The normalized spacial score (nSPS) is 16.8. The van der Waals surface area contributed by atoms with Crippen molar-refractivity contribution in [3.8, 4) is 0 Å². The number of aryl methyl sites for hydroxylation is 1. The van der Waals surface area contributed by atoms with Crippen LogP contribution < -0.4 is 11.1 Å². The maximum atomic E-state index is 11.9. The number of carbonyl (C=O) groups excluding carboxylic acids is 1. The zero-order chi connectivity index (χ0) is 11.8. The first kappa shape index (κ1) is 11.5. The monoisotopic (exact) mass is 255 g/mol. The summed E-state index contributed by atoms with van der Waals surface area (Å²) in [6.07, 6.45) is 1.55. The maximum absolute atomic E-state index is 11.9. The van der Waals surface area contributed by atoms with E-state index in [1.165, 1.54) is 0 Å². The fourth-order valence-corrected chi connectivity index (χ4v) is 2.55. The predicted molar refractivity (Wildman–Crippen MR) is 67.2 cm³/mol. The molecule has 1 amide bonds. The van der Waals surface area contributed by atoms with Crippen molar-refractivity contribution in [3.05, 3.63) is 16.1 Å². The Labute approximate surface area is 103 Å². The van der Waals surface area contributed by atoms with E-state index in [4.69, 9.17) is 18.0 Å². The fraction of sp³-hybridized carbons (Fsp3) is 0.500. The highest BCUT2D eigenvalue weighted by atomic mass is 32.1. The second-order valence-electron chi connectivity index (χ2n) is 3.99. The molecule has 0 saturated heterocycles. The summed E-state index contributed by atoms with van der Waals surface area (Å²) in [6.45, 7) is 2.44. The van der Waals surface area contributed by atoms with Crippen LogP contribution in [0.5, 0.6) is 0 Å². The van der Waals surface area contributed by atoms with Gasteiger partial charge in [-0.1, -0.05) is 12.2 Å². The van der Waals surface area contributed by atoms with E-state index in [0.29, 0.717) is 11.5 Å². The van der Waals surface area contributed by atoms with E-state index >= 15 is 0 Å². The summed E-state index contributed by atoms with van der Waals surface area (Å²) >= 11 is 6.46. The molecule has 0 aromatic carbocycles. The molecule has 2 rings (SSSR count). The Balaban J connectivity index is 1.95. The van der Waals surface area contributed by atoms with Crippen molar-refractivity contribution in [2.24, 2.45) is 11.1 Å². The molecule has 0 aliphatic heterocycles. The highest BCUT2D eigenvalue weighted by molar-refractivity contribution is 7.80. The SMILES string of the molecule is Cc1ncsc1CNC(=O)C1(C(N)=S)CC1. The minimum Gasteiger partial charge on any atom is -0.392 e. The topological polar surface area (TPSA) is 68.0 Å². The molecule has 0 bridgehead atoms. The summed E-state index contributed by atoms with van der Waals surface area (Å²) in [5.41, 5.74) is 7.75. The predicted octanol–water partition coefficient (Wildman–Crippen LogP) is 1.13. The number of rotatable bonds is 4. The van der Waals surface area contributed by atoms with E-state index in [-0.39, 0.29) is 5.91 Å². The summed E-state index contributed by atoms with van der Waals surface area (Å²) in [4.78, 5) is 17.4. The van der Waals surface area contributed by atoms with Crippen LogP contribution in [0.15, 0.2) is 5.51 Å². The smallest absolute Gasteiger partial charge is 0.233 e. The standard InChI is InChI=1S/C10H13N3OS2/c1-6-7(16-5-13-6)4-12-9(14)10(2-3-10)8(11)15/h5H,2-4H2,1H3,(H2,11,15)(H,12,14). The molecule has 0 atom stereocenters. The van der Waals surface area contributed by atoms with Crippen molar-refractivity contribution in [2.45, 2.75) is 26.3 Å². The minimum atomic E-state index is -0.562. The molecule has 1 fully saturated rings. The molecule has 1 aromatic rings. The van der Waals surface area contributed by atoms with Crippen LogP contribution in [0, 0.1) is 12.3 Å². The zero-order valence-electron chi connectivity index (χ0n) is 8.95. The van der Waals surface area contributed by atoms with E-state index in [0.717, 1.165) is 23.4 Å². The Morgan fingerprint density at radius 1 is 1.75 bits per heavy atom. The summed E-state index contributed by atoms with van der Waals surface area (Å²) in [7, 11) is 0. The molecule has 0 spiro atoms.